The number of nitrogens with one attached hydrogen (secondary N) is 1. The van der Waals surface area contributed by atoms with Crippen molar-refractivity contribution in [3.05, 3.63) is 41.6 Å². The molecule has 2 aromatic rings. The third-order valence-electron chi connectivity index (χ3n) is 3.55. The first-order chi connectivity index (χ1) is 10.4. The lowest BCUT2D eigenvalue weighted by molar-refractivity contribution is 0.600. The number of hydrogen-bond acceptors (Lipinski definition) is 4. The van der Waals surface area contributed by atoms with Crippen molar-refractivity contribution in [1.29, 1.82) is 5.26 Å². The summed E-state index contributed by atoms with van der Waals surface area (Å²) < 4.78 is 28.5. The van der Waals surface area contributed by atoms with Crippen molar-refractivity contribution in [3.8, 4) is 6.07 Å². The van der Waals surface area contributed by atoms with Crippen molar-refractivity contribution in [2.24, 2.45) is 7.05 Å². The van der Waals surface area contributed by atoms with Crippen LogP contribution < -0.4 is 4.72 Å². The van der Waals surface area contributed by atoms with Crippen molar-refractivity contribution >= 4 is 15.8 Å². The summed E-state index contributed by atoms with van der Waals surface area (Å²) in [4.78, 5) is 0.147. The standard InChI is InChI=1S/C15H18N4O2S/c1-4-11(2)12-5-7-14(8-6-12)22(20,21)18-15-13(9-16)10-19(3)17-15/h5-8,10-11H,4H2,1-3H3,(H,17,18). The number of aryl methyl sites for hydroxylation is 1. The van der Waals surface area contributed by atoms with Gasteiger partial charge in [-0.1, -0.05) is 26.0 Å². The van der Waals surface area contributed by atoms with Crippen LogP contribution in [0.3, 0.4) is 0 Å². The monoisotopic (exact) mass is 318 g/mol. The Bertz CT molecular complexity index is 801. The molecule has 1 aromatic heterocycles. The second kappa shape index (κ2) is 6.20. The minimum atomic E-state index is -3.76. The molecule has 0 saturated heterocycles. The van der Waals surface area contributed by atoms with Gasteiger partial charge in [-0.15, -0.1) is 0 Å². The predicted molar refractivity (Wildman–Crippen MR) is 83.9 cm³/mol. The molecular weight excluding hydrogens is 300 g/mol. The van der Waals surface area contributed by atoms with E-state index >= 15 is 0 Å². The molecule has 116 valence electrons. The summed E-state index contributed by atoms with van der Waals surface area (Å²) in [6.45, 7) is 4.18. The highest BCUT2D eigenvalue weighted by molar-refractivity contribution is 7.92. The molecule has 1 unspecified atom stereocenters. The second-order valence-electron chi connectivity index (χ2n) is 5.16. The molecule has 0 spiro atoms. The summed E-state index contributed by atoms with van der Waals surface area (Å²) in [6.07, 6.45) is 2.45. The molecule has 2 rings (SSSR count). The van der Waals surface area contributed by atoms with Crippen molar-refractivity contribution in [3.63, 3.8) is 0 Å². The van der Waals surface area contributed by atoms with Crippen LogP contribution in [-0.4, -0.2) is 18.2 Å². The van der Waals surface area contributed by atoms with Gasteiger partial charge in [0.05, 0.1) is 4.90 Å². The van der Waals surface area contributed by atoms with E-state index < -0.39 is 10.0 Å². The molecule has 6 nitrogen and oxygen atoms in total. The Morgan fingerprint density at radius 1 is 1.36 bits per heavy atom. The molecule has 0 saturated carbocycles. The number of sulfonamides is 1. The molecule has 22 heavy (non-hydrogen) atoms. The minimum Gasteiger partial charge on any atom is -0.272 e. The number of nitriles is 1. The topological polar surface area (TPSA) is 87.8 Å². The third kappa shape index (κ3) is 3.28. The maximum Gasteiger partial charge on any atom is 0.263 e. The van der Waals surface area contributed by atoms with E-state index in [1.807, 2.05) is 18.2 Å². The fourth-order valence-electron chi connectivity index (χ4n) is 2.04. The van der Waals surface area contributed by atoms with Gasteiger partial charge >= 0.3 is 0 Å². The summed E-state index contributed by atoms with van der Waals surface area (Å²) in [6, 6.07) is 8.67. The normalized spacial score (nSPS) is 12.6. The Labute approximate surface area is 130 Å². The summed E-state index contributed by atoms with van der Waals surface area (Å²) in [5.74, 6) is 0.418. The Hall–Kier alpha value is -2.33. The van der Waals surface area contributed by atoms with E-state index in [0.717, 1.165) is 12.0 Å². The largest absolute Gasteiger partial charge is 0.272 e. The van der Waals surface area contributed by atoms with E-state index in [-0.39, 0.29) is 16.3 Å². The number of hydrogen-bond donors (Lipinski definition) is 1. The number of aromatic nitrogens is 2. The second-order valence-corrected chi connectivity index (χ2v) is 6.84. The third-order valence-corrected chi connectivity index (χ3v) is 4.91. The predicted octanol–water partition coefficient (Wildman–Crippen LogP) is 2.61. The first-order valence-corrected chi connectivity index (χ1v) is 8.42. The maximum absolute atomic E-state index is 12.4. The fraction of sp³-hybridized carbons (Fsp3) is 0.333. The van der Waals surface area contributed by atoms with Crippen molar-refractivity contribution in [2.45, 2.75) is 31.1 Å². The van der Waals surface area contributed by atoms with Crippen molar-refractivity contribution < 1.29 is 8.42 Å². The average molecular weight is 318 g/mol. The highest BCUT2D eigenvalue weighted by Gasteiger charge is 2.18. The highest BCUT2D eigenvalue weighted by atomic mass is 32.2. The van der Waals surface area contributed by atoms with Gasteiger partial charge in [-0.25, -0.2) is 8.42 Å². The van der Waals surface area contributed by atoms with Gasteiger partial charge in [0, 0.05) is 13.2 Å². The van der Waals surface area contributed by atoms with E-state index in [4.69, 9.17) is 5.26 Å². The molecule has 0 fully saturated rings. The van der Waals surface area contributed by atoms with Crippen LogP contribution in [-0.2, 0) is 17.1 Å². The van der Waals surface area contributed by atoms with Crippen molar-refractivity contribution in [1.82, 2.24) is 9.78 Å². The molecule has 1 aromatic carbocycles. The van der Waals surface area contributed by atoms with Crippen LogP contribution in [0.5, 0.6) is 0 Å². The smallest absolute Gasteiger partial charge is 0.263 e. The van der Waals surface area contributed by atoms with Gasteiger partial charge < -0.3 is 0 Å². The lowest BCUT2D eigenvalue weighted by atomic mass is 9.99. The molecule has 0 aliphatic heterocycles. The van der Waals surface area contributed by atoms with Gasteiger partial charge in [0.25, 0.3) is 10.0 Å². The lowest BCUT2D eigenvalue weighted by Crippen LogP contribution is -2.14. The van der Waals surface area contributed by atoms with E-state index in [1.165, 1.54) is 10.9 Å². The Kier molecular flexibility index (Phi) is 4.52. The molecule has 0 radical (unpaired) electrons. The van der Waals surface area contributed by atoms with Crippen LogP contribution in [0, 0.1) is 11.3 Å². The summed E-state index contributed by atoms with van der Waals surface area (Å²) in [7, 11) is -2.13. The van der Waals surface area contributed by atoms with E-state index in [2.05, 4.69) is 23.7 Å². The Balaban J connectivity index is 2.29. The molecule has 1 heterocycles. The van der Waals surface area contributed by atoms with Gasteiger partial charge in [-0.2, -0.15) is 10.4 Å². The SMILES string of the molecule is CCC(C)c1ccc(S(=O)(=O)Nc2nn(C)cc2C#N)cc1. The van der Waals surface area contributed by atoms with E-state index in [9.17, 15) is 8.42 Å². The van der Waals surface area contributed by atoms with Gasteiger partial charge in [0.1, 0.15) is 11.6 Å². The van der Waals surface area contributed by atoms with Crippen LogP contribution in [0.2, 0.25) is 0 Å². The minimum absolute atomic E-state index is 0.0380. The molecule has 0 aliphatic rings. The van der Waals surface area contributed by atoms with Gasteiger partial charge in [-0.3, -0.25) is 9.40 Å². The molecule has 0 aliphatic carbocycles. The van der Waals surface area contributed by atoms with Gasteiger partial charge in [-0.05, 0) is 30.0 Å². The lowest BCUT2D eigenvalue weighted by Gasteiger charge is -2.10. The van der Waals surface area contributed by atoms with Gasteiger partial charge in [0.2, 0.25) is 0 Å². The number of rotatable bonds is 5. The Morgan fingerprint density at radius 3 is 2.55 bits per heavy atom. The average Bonchev–Trinajstić information content (AvgIpc) is 2.85. The van der Waals surface area contributed by atoms with Crippen LogP contribution in [0.1, 0.15) is 37.3 Å². The number of nitrogens with zero attached hydrogens (tertiary/aromatic N) is 3. The quantitative estimate of drug-likeness (QED) is 0.918. The molecular formula is C15H18N4O2S. The summed E-state index contributed by atoms with van der Waals surface area (Å²) in [5, 5.41) is 12.9. The first kappa shape index (κ1) is 16.0. The fourth-order valence-corrected chi connectivity index (χ4v) is 3.06. The zero-order valence-corrected chi connectivity index (χ0v) is 13.6. The van der Waals surface area contributed by atoms with E-state index in [0.29, 0.717) is 5.92 Å². The summed E-state index contributed by atoms with van der Waals surface area (Å²) in [5.41, 5.74) is 1.28. The first-order valence-electron chi connectivity index (χ1n) is 6.94. The zero-order valence-electron chi connectivity index (χ0n) is 12.7. The van der Waals surface area contributed by atoms with Crippen LogP contribution in [0.25, 0.3) is 0 Å². The van der Waals surface area contributed by atoms with Crippen molar-refractivity contribution in [2.75, 3.05) is 4.72 Å². The number of benzene rings is 1. The Morgan fingerprint density at radius 2 is 2.00 bits per heavy atom. The molecule has 7 heteroatoms. The van der Waals surface area contributed by atoms with Gasteiger partial charge in [0.15, 0.2) is 5.82 Å². The van der Waals surface area contributed by atoms with Crippen LogP contribution in [0.4, 0.5) is 5.82 Å². The maximum atomic E-state index is 12.4. The summed E-state index contributed by atoms with van der Waals surface area (Å²) >= 11 is 0. The number of anilines is 1. The van der Waals surface area contributed by atoms with Crippen LogP contribution >= 0.6 is 0 Å². The van der Waals surface area contributed by atoms with Crippen LogP contribution in [0.15, 0.2) is 35.4 Å². The zero-order chi connectivity index (χ0) is 16.3. The van der Waals surface area contributed by atoms with E-state index in [1.54, 1.807) is 19.2 Å². The molecule has 0 bridgehead atoms. The molecule has 0 amide bonds. The molecule has 1 N–H and O–H groups in total. The molecule has 1 atom stereocenters. The highest BCUT2D eigenvalue weighted by Crippen LogP contribution is 2.22.